The quantitative estimate of drug-likeness (QED) is 0.658. The number of ether oxygens (including phenoxy) is 1. The van der Waals surface area contributed by atoms with E-state index in [2.05, 4.69) is 10.6 Å². The van der Waals surface area contributed by atoms with Gasteiger partial charge in [0.2, 0.25) is 5.91 Å². The smallest absolute Gasteiger partial charge is 0.408 e. The van der Waals surface area contributed by atoms with Crippen molar-refractivity contribution in [3.63, 3.8) is 0 Å². The minimum atomic E-state index is -0.911. The highest BCUT2D eigenvalue weighted by Crippen LogP contribution is 2.18. The van der Waals surface area contributed by atoms with Gasteiger partial charge < -0.3 is 20.8 Å². The van der Waals surface area contributed by atoms with Crippen LogP contribution in [-0.2, 0) is 14.3 Å². The maximum absolute atomic E-state index is 11.8. The Balaban J connectivity index is 2.67. The number of hydrogen-bond donors (Lipinski definition) is 3. The first-order chi connectivity index (χ1) is 9.73. The SMILES string of the molecule is CC(C)(C)OC(=O)N[C@@H](C[C@@H]1CCCNC1=O)C(=O)C=N. The standard InChI is InChI=1S/C14H23N3O4/c1-14(2,3)21-13(20)17-10(11(18)8-15)7-9-5-4-6-16-12(9)19/h8-10,15H,4-7H2,1-3H3,(H,16,19)(H,17,20)/t9-,10-/m0/s1. The van der Waals surface area contributed by atoms with Gasteiger partial charge in [-0.2, -0.15) is 0 Å². The molecule has 0 unspecified atom stereocenters. The molecule has 0 radical (unpaired) electrons. The lowest BCUT2D eigenvalue weighted by molar-refractivity contribution is -0.127. The molecule has 0 spiro atoms. The largest absolute Gasteiger partial charge is 0.444 e. The third kappa shape index (κ3) is 5.93. The van der Waals surface area contributed by atoms with Crippen LogP contribution in [0.4, 0.5) is 4.79 Å². The molecule has 0 aliphatic carbocycles. The van der Waals surface area contributed by atoms with Gasteiger partial charge in [-0.15, -0.1) is 0 Å². The van der Waals surface area contributed by atoms with Gasteiger partial charge >= 0.3 is 6.09 Å². The van der Waals surface area contributed by atoms with Crippen molar-refractivity contribution < 1.29 is 19.1 Å². The zero-order valence-corrected chi connectivity index (χ0v) is 12.7. The molecule has 0 aromatic rings. The summed E-state index contributed by atoms with van der Waals surface area (Å²) in [4.78, 5) is 35.2. The van der Waals surface area contributed by atoms with Crippen LogP contribution in [-0.4, -0.2) is 42.2 Å². The first kappa shape index (κ1) is 17.1. The second-order valence-electron chi connectivity index (χ2n) is 6.11. The van der Waals surface area contributed by atoms with Crippen molar-refractivity contribution in [1.82, 2.24) is 10.6 Å². The van der Waals surface area contributed by atoms with Crippen LogP contribution in [0.5, 0.6) is 0 Å². The van der Waals surface area contributed by atoms with Gasteiger partial charge in [0.05, 0.1) is 12.3 Å². The van der Waals surface area contributed by atoms with E-state index in [0.717, 1.165) is 6.42 Å². The molecule has 0 aromatic heterocycles. The maximum Gasteiger partial charge on any atom is 0.408 e. The van der Waals surface area contributed by atoms with Crippen molar-refractivity contribution in [1.29, 1.82) is 5.41 Å². The molecular weight excluding hydrogens is 274 g/mol. The van der Waals surface area contributed by atoms with Gasteiger partial charge in [-0.25, -0.2) is 4.79 Å². The first-order valence-electron chi connectivity index (χ1n) is 7.04. The molecule has 1 fully saturated rings. The minimum Gasteiger partial charge on any atom is -0.444 e. The van der Waals surface area contributed by atoms with Gasteiger partial charge in [-0.05, 0) is 40.0 Å². The summed E-state index contributed by atoms with van der Waals surface area (Å²) >= 11 is 0. The molecule has 118 valence electrons. The highest BCUT2D eigenvalue weighted by Gasteiger charge is 2.30. The fourth-order valence-electron chi connectivity index (χ4n) is 2.14. The Bertz CT molecular complexity index is 428. The summed E-state index contributed by atoms with van der Waals surface area (Å²) in [6, 6.07) is -0.911. The van der Waals surface area contributed by atoms with Crippen LogP contribution in [0.2, 0.25) is 0 Å². The number of nitrogens with one attached hydrogen (secondary N) is 3. The predicted molar refractivity (Wildman–Crippen MR) is 77.3 cm³/mol. The van der Waals surface area contributed by atoms with E-state index in [-0.39, 0.29) is 18.2 Å². The molecule has 2 amide bonds. The predicted octanol–water partition coefficient (Wildman–Crippen LogP) is 1.01. The fourth-order valence-corrected chi connectivity index (χ4v) is 2.14. The maximum atomic E-state index is 11.8. The Labute approximate surface area is 124 Å². The van der Waals surface area contributed by atoms with Gasteiger partial charge in [-0.1, -0.05) is 0 Å². The Morgan fingerprint density at radius 2 is 2.19 bits per heavy atom. The molecular formula is C14H23N3O4. The van der Waals surface area contributed by atoms with Crippen molar-refractivity contribution in [3.8, 4) is 0 Å². The molecule has 1 saturated heterocycles. The summed E-state index contributed by atoms with van der Waals surface area (Å²) < 4.78 is 5.10. The Morgan fingerprint density at radius 1 is 1.52 bits per heavy atom. The molecule has 2 atom stereocenters. The van der Waals surface area contributed by atoms with Crippen molar-refractivity contribution >= 4 is 24.0 Å². The topological polar surface area (TPSA) is 108 Å². The third-order valence-corrected chi connectivity index (χ3v) is 3.10. The van der Waals surface area contributed by atoms with Crippen molar-refractivity contribution in [3.05, 3.63) is 0 Å². The summed E-state index contributed by atoms with van der Waals surface area (Å²) in [5, 5.41) is 12.2. The molecule has 1 aliphatic rings. The number of piperidine rings is 1. The number of Topliss-reactive ketones (excluding diaryl/α,β-unsaturated/α-hetero) is 1. The molecule has 21 heavy (non-hydrogen) atoms. The normalized spacial score (nSPS) is 20.1. The monoisotopic (exact) mass is 297 g/mol. The van der Waals surface area contributed by atoms with Gasteiger partial charge in [0.15, 0.2) is 5.78 Å². The lowest BCUT2D eigenvalue weighted by atomic mass is 9.90. The van der Waals surface area contributed by atoms with E-state index in [4.69, 9.17) is 10.1 Å². The van der Waals surface area contributed by atoms with E-state index < -0.39 is 23.5 Å². The number of rotatable bonds is 5. The lowest BCUT2D eigenvalue weighted by Gasteiger charge is -2.26. The van der Waals surface area contributed by atoms with E-state index in [9.17, 15) is 14.4 Å². The number of carbonyl (C=O) groups is 3. The number of amides is 2. The van der Waals surface area contributed by atoms with E-state index in [1.54, 1.807) is 20.8 Å². The summed E-state index contributed by atoms with van der Waals surface area (Å²) in [5.41, 5.74) is -0.676. The molecule has 0 aromatic carbocycles. The van der Waals surface area contributed by atoms with Gasteiger partial charge in [0.25, 0.3) is 0 Å². The van der Waals surface area contributed by atoms with Gasteiger partial charge in [0.1, 0.15) is 5.60 Å². The molecule has 0 saturated carbocycles. The number of alkyl carbamates (subject to hydrolysis) is 1. The van der Waals surface area contributed by atoms with E-state index >= 15 is 0 Å². The molecule has 1 aliphatic heterocycles. The van der Waals surface area contributed by atoms with Crippen molar-refractivity contribution in [2.45, 2.75) is 51.7 Å². The second-order valence-corrected chi connectivity index (χ2v) is 6.11. The highest BCUT2D eigenvalue weighted by atomic mass is 16.6. The van der Waals surface area contributed by atoms with Crippen LogP contribution in [0.25, 0.3) is 0 Å². The van der Waals surface area contributed by atoms with E-state index in [0.29, 0.717) is 19.2 Å². The van der Waals surface area contributed by atoms with Crippen LogP contribution in [0.15, 0.2) is 0 Å². The zero-order valence-electron chi connectivity index (χ0n) is 12.7. The Kier molecular flexibility index (Phi) is 5.87. The van der Waals surface area contributed by atoms with Crippen LogP contribution < -0.4 is 10.6 Å². The highest BCUT2D eigenvalue weighted by molar-refractivity contribution is 6.29. The Morgan fingerprint density at radius 3 is 2.71 bits per heavy atom. The molecule has 7 nitrogen and oxygen atoms in total. The molecule has 0 bridgehead atoms. The Hall–Kier alpha value is -1.92. The minimum absolute atomic E-state index is 0.116. The van der Waals surface area contributed by atoms with Crippen molar-refractivity contribution in [2.75, 3.05) is 6.54 Å². The average Bonchev–Trinajstić information content (AvgIpc) is 2.37. The van der Waals surface area contributed by atoms with E-state index in [1.165, 1.54) is 0 Å². The fraction of sp³-hybridized carbons (Fsp3) is 0.714. The van der Waals surface area contributed by atoms with Crippen LogP contribution in [0, 0.1) is 11.3 Å². The van der Waals surface area contributed by atoms with E-state index in [1.807, 2.05) is 0 Å². The van der Waals surface area contributed by atoms with Crippen LogP contribution in [0.1, 0.15) is 40.0 Å². The van der Waals surface area contributed by atoms with Gasteiger partial charge in [-0.3, -0.25) is 9.59 Å². The van der Waals surface area contributed by atoms with Crippen molar-refractivity contribution in [2.24, 2.45) is 5.92 Å². The second kappa shape index (κ2) is 7.19. The summed E-state index contributed by atoms with van der Waals surface area (Å²) in [7, 11) is 0. The molecule has 1 rings (SSSR count). The zero-order chi connectivity index (χ0) is 16.0. The van der Waals surface area contributed by atoms with Gasteiger partial charge in [0, 0.05) is 12.5 Å². The number of ketones is 1. The van der Waals surface area contributed by atoms with Crippen LogP contribution in [0.3, 0.4) is 0 Å². The average molecular weight is 297 g/mol. The summed E-state index contributed by atoms with van der Waals surface area (Å²) in [6.45, 7) is 5.79. The third-order valence-electron chi connectivity index (χ3n) is 3.10. The molecule has 7 heteroatoms. The van der Waals surface area contributed by atoms with Crippen LogP contribution >= 0.6 is 0 Å². The first-order valence-corrected chi connectivity index (χ1v) is 7.04. The molecule has 3 N–H and O–H groups in total. The summed E-state index contributed by atoms with van der Waals surface area (Å²) in [6.07, 6.45) is 1.62. The number of carbonyl (C=O) groups excluding carboxylic acids is 3. The molecule has 1 heterocycles. The lowest BCUT2D eigenvalue weighted by Crippen LogP contribution is -2.47. The number of hydrogen-bond acceptors (Lipinski definition) is 5. The summed E-state index contributed by atoms with van der Waals surface area (Å²) in [5.74, 6) is -0.989.